The van der Waals surface area contributed by atoms with Gasteiger partial charge in [-0.2, -0.15) is 0 Å². The molecular formula is C26H29N5O. The summed E-state index contributed by atoms with van der Waals surface area (Å²) < 4.78 is 2.18. The zero-order valence-electron chi connectivity index (χ0n) is 19.1. The maximum absolute atomic E-state index is 12.4. The predicted molar refractivity (Wildman–Crippen MR) is 129 cm³/mol. The molecule has 6 heteroatoms. The van der Waals surface area contributed by atoms with Gasteiger partial charge in [-0.15, -0.1) is 0 Å². The Morgan fingerprint density at radius 3 is 2.53 bits per heavy atom. The predicted octanol–water partition coefficient (Wildman–Crippen LogP) is 5.13. The van der Waals surface area contributed by atoms with Gasteiger partial charge in [-0.05, 0) is 68.0 Å². The molecule has 0 bridgehead atoms. The number of amides is 1. The largest absolute Gasteiger partial charge is 0.367 e. The molecule has 5 rings (SSSR count). The van der Waals surface area contributed by atoms with Crippen molar-refractivity contribution in [3.63, 3.8) is 0 Å². The number of rotatable bonds is 6. The maximum Gasteiger partial charge on any atom is 0.251 e. The summed E-state index contributed by atoms with van der Waals surface area (Å²) in [5, 5.41) is 6.53. The van der Waals surface area contributed by atoms with Gasteiger partial charge in [0, 0.05) is 23.7 Å². The van der Waals surface area contributed by atoms with Gasteiger partial charge in [0.25, 0.3) is 5.91 Å². The highest BCUT2D eigenvalue weighted by Crippen LogP contribution is 2.30. The smallest absolute Gasteiger partial charge is 0.251 e. The van der Waals surface area contributed by atoms with E-state index in [1.54, 1.807) is 0 Å². The van der Waals surface area contributed by atoms with Crippen molar-refractivity contribution >= 4 is 28.4 Å². The molecular weight excluding hydrogens is 398 g/mol. The fourth-order valence-corrected chi connectivity index (χ4v) is 3.90. The summed E-state index contributed by atoms with van der Waals surface area (Å²) in [7, 11) is 0. The van der Waals surface area contributed by atoms with Crippen LogP contribution in [0, 0.1) is 19.8 Å². The summed E-state index contributed by atoms with van der Waals surface area (Å²) in [5.74, 6) is 1.29. The molecule has 0 saturated heterocycles. The summed E-state index contributed by atoms with van der Waals surface area (Å²) in [5.41, 5.74) is 7.90. The average Bonchev–Trinajstić information content (AvgIpc) is 3.47. The Kier molecular flexibility index (Phi) is 5.08. The zero-order chi connectivity index (χ0) is 22.4. The number of carbonyl (C=O) groups excluding carboxylic acids is 1. The second kappa shape index (κ2) is 7.93. The van der Waals surface area contributed by atoms with Crippen molar-refractivity contribution in [3.8, 4) is 11.3 Å². The van der Waals surface area contributed by atoms with Crippen LogP contribution in [0.2, 0.25) is 0 Å². The summed E-state index contributed by atoms with van der Waals surface area (Å²) in [4.78, 5) is 22.0. The molecule has 0 spiro atoms. The number of benzene rings is 2. The highest BCUT2D eigenvalue weighted by molar-refractivity contribution is 5.95. The minimum atomic E-state index is -0.00175. The van der Waals surface area contributed by atoms with Gasteiger partial charge in [0.2, 0.25) is 0 Å². The monoisotopic (exact) mass is 427 g/mol. The molecule has 164 valence electrons. The van der Waals surface area contributed by atoms with Crippen molar-refractivity contribution in [2.24, 2.45) is 5.92 Å². The average molecular weight is 428 g/mol. The Morgan fingerprint density at radius 2 is 1.84 bits per heavy atom. The molecule has 6 nitrogen and oxygen atoms in total. The molecule has 2 aromatic heterocycles. The lowest BCUT2D eigenvalue weighted by Gasteiger charge is -2.14. The SMILES string of the molecule is Cc1cc2nc(NCC(C)C)c3ncc(-c4ccc(C(=O)NC5CC5)cc4)n3c2cc1C. The van der Waals surface area contributed by atoms with Crippen molar-refractivity contribution in [2.45, 2.75) is 46.6 Å². The van der Waals surface area contributed by atoms with Crippen LogP contribution in [0.1, 0.15) is 48.2 Å². The Balaban J connectivity index is 1.63. The van der Waals surface area contributed by atoms with Crippen LogP contribution >= 0.6 is 0 Å². The number of aromatic nitrogens is 3. The molecule has 32 heavy (non-hydrogen) atoms. The molecule has 2 N–H and O–H groups in total. The number of imidazole rings is 1. The van der Waals surface area contributed by atoms with Gasteiger partial charge >= 0.3 is 0 Å². The van der Waals surface area contributed by atoms with Crippen LogP contribution in [0.25, 0.3) is 27.9 Å². The molecule has 2 aromatic carbocycles. The first kappa shape index (κ1) is 20.5. The van der Waals surface area contributed by atoms with E-state index in [-0.39, 0.29) is 5.91 Å². The van der Waals surface area contributed by atoms with Gasteiger partial charge in [-0.1, -0.05) is 26.0 Å². The summed E-state index contributed by atoms with van der Waals surface area (Å²) in [6, 6.07) is 12.5. The lowest BCUT2D eigenvalue weighted by atomic mass is 10.1. The molecule has 2 heterocycles. The van der Waals surface area contributed by atoms with Crippen molar-refractivity contribution in [2.75, 3.05) is 11.9 Å². The fraction of sp³-hybridized carbons (Fsp3) is 0.346. The molecule has 1 fully saturated rings. The highest BCUT2D eigenvalue weighted by atomic mass is 16.1. The minimum Gasteiger partial charge on any atom is -0.367 e. The number of hydrogen-bond acceptors (Lipinski definition) is 4. The standard InChI is InChI=1S/C26H29N5O/c1-15(2)13-27-24-25-28-14-23(31(25)22-12-17(4)16(3)11-21(22)30-24)18-5-7-19(8-6-18)26(32)29-20-9-10-20/h5-8,11-12,14-15,20H,9-10,13H2,1-4H3,(H,27,30)(H,29,32). The van der Waals surface area contributed by atoms with Crippen LogP contribution < -0.4 is 10.6 Å². The third kappa shape index (κ3) is 3.81. The van der Waals surface area contributed by atoms with Gasteiger partial charge in [-0.3, -0.25) is 9.20 Å². The van der Waals surface area contributed by atoms with E-state index in [0.29, 0.717) is 17.5 Å². The number of carbonyl (C=O) groups is 1. The van der Waals surface area contributed by atoms with Gasteiger partial charge in [-0.25, -0.2) is 9.97 Å². The van der Waals surface area contributed by atoms with Crippen LogP contribution in [-0.2, 0) is 0 Å². The molecule has 0 atom stereocenters. The van der Waals surface area contributed by atoms with Crippen LogP contribution in [-0.4, -0.2) is 32.9 Å². The van der Waals surface area contributed by atoms with E-state index in [9.17, 15) is 4.79 Å². The second-order valence-corrected chi connectivity index (χ2v) is 9.29. The van der Waals surface area contributed by atoms with Gasteiger partial charge in [0.1, 0.15) is 0 Å². The van der Waals surface area contributed by atoms with E-state index >= 15 is 0 Å². The normalized spacial score (nSPS) is 13.8. The molecule has 1 saturated carbocycles. The lowest BCUT2D eigenvalue weighted by molar-refractivity contribution is 0.0951. The zero-order valence-corrected chi connectivity index (χ0v) is 19.1. The van der Waals surface area contributed by atoms with E-state index in [0.717, 1.165) is 53.1 Å². The van der Waals surface area contributed by atoms with E-state index in [1.807, 2.05) is 30.5 Å². The topological polar surface area (TPSA) is 71.3 Å². The number of hydrogen-bond donors (Lipinski definition) is 2. The molecule has 4 aromatic rings. The molecule has 0 unspecified atom stereocenters. The molecule has 0 radical (unpaired) electrons. The third-order valence-electron chi connectivity index (χ3n) is 6.07. The van der Waals surface area contributed by atoms with E-state index in [4.69, 9.17) is 9.97 Å². The Hall–Kier alpha value is -3.41. The molecule has 1 aliphatic rings. The third-order valence-corrected chi connectivity index (χ3v) is 6.07. The number of nitrogens with one attached hydrogen (secondary N) is 2. The Morgan fingerprint density at radius 1 is 1.12 bits per heavy atom. The molecule has 1 amide bonds. The number of fused-ring (bicyclic) bond motifs is 3. The van der Waals surface area contributed by atoms with E-state index in [2.05, 4.69) is 54.9 Å². The summed E-state index contributed by atoms with van der Waals surface area (Å²) in [6.07, 6.45) is 4.06. The summed E-state index contributed by atoms with van der Waals surface area (Å²) in [6.45, 7) is 9.41. The Bertz CT molecular complexity index is 1320. The van der Waals surface area contributed by atoms with Crippen LogP contribution in [0.15, 0.2) is 42.6 Å². The van der Waals surface area contributed by atoms with Crippen molar-refractivity contribution in [1.82, 2.24) is 19.7 Å². The summed E-state index contributed by atoms with van der Waals surface area (Å²) >= 11 is 0. The van der Waals surface area contributed by atoms with E-state index < -0.39 is 0 Å². The quantitative estimate of drug-likeness (QED) is 0.448. The Labute approximate surface area is 188 Å². The van der Waals surface area contributed by atoms with Gasteiger partial charge < -0.3 is 10.6 Å². The number of aryl methyl sites for hydroxylation is 2. The first-order valence-electron chi connectivity index (χ1n) is 11.3. The van der Waals surface area contributed by atoms with Gasteiger partial charge in [0.15, 0.2) is 11.5 Å². The molecule has 0 aliphatic heterocycles. The van der Waals surface area contributed by atoms with Crippen molar-refractivity contribution in [3.05, 3.63) is 59.3 Å². The number of anilines is 1. The number of nitrogens with zero attached hydrogens (tertiary/aromatic N) is 3. The van der Waals surface area contributed by atoms with Crippen LogP contribution in [0.4, 0.5) is 5.82 Å². The molecule has 1 aliphatic carbocycles. The highest BCUT2D eigenvalue weighted by Gasteiger charge is 2.24. The first-order chi connectivity index (χ1) is 15.4. The fourth-order valence-electron chi connectivity index (χ4n) is 3.90. The first-order valence-corrected chi connectivity index (χ1v) is 11.3. The maximum atomic E-state index is 12.4. The van der Waals surface area contributed by atoms with Crippen molar-refractivity contribution < 1.29 is 4.79 Å². The lowest BCUT2D eigenvalue weighted by Crippen LogP contribution is -2.25. The van der Waals surface area contributed by atoms with E-state index in [1.165, 1.54) is 11.1 Å². The van der Waals surface area contributed by atoms with Gasteiger partial charge in [0.05, 0.1) is 22.9 Å². The second-order valence-electron chi connectivity index (χ2n) is 9.29. The van der Waals surface area contributed by atoms with Crippen LogP contribution in [0.5, 0.6) is 0 Å². The van der Waals surface area contributed by atoms with Crippen molar-refractivity contribution in [1.29, 1.82) is 0 Å². The minimum absolute atomic E-state index is 0.00175. The van der Waals surface area contributed by atoms with Crippen LogP contribution in [0.3, 0.4) is 0 Å².